The molecule has 0 unspecified atom stereocenters. The third-order valence-electron chi connectivity index (χ3n) is 5.07. The molecular formula is C23H30N2O2. The van der Waals surface area contributed by atoms with Gasteiger partial charge in [0.15, 0.2) is 0 Å². The van der Waals surface area contributed by atoms with Gasteiger partial charge in [-0.15, -0.1) is 0 Å². The van der Waals surface area contributed by atoms with Gasteiger partial charge in [-0.1, -0.05) is 45.0 Å². The van der Waals surface area contributed by atoms with Crippen LogP contribution in [0.4, 0.5) is 5.69 Å². The molecule has 0 aliphatic carbocycles. The predicted molar refractivity (Wildman–Crippen MR) is 111 cm³/mol. The lowest BCUT2D eigenvalue weighted by Gasteiger charge is -2.36. The minimum atomic E-state index is 0.0984. The standard InChI is InChI=1S/C23H30N2O2/c1-5-27-21-9-7-6-8-20(21)24-14-16-25(17-15-24)22(26)18-10-12-19(13-11-18)23(2,3)4/h6-13H,5,14-17H2,1-4H3. The predicted octanol–water partition coefficient (Wildman–Crippen LogP) is 4.35. The number of amides is 1. The highest BCUT2D eigenvalue weighted by Gasteiger charge is 2.24. The molecule has 1 heterocycles. The Morgan fingerprint density at radius 2 is 1.59 bits per heavy atom. The molecule has 0 spiro atoms. The quantitative estimate of drug-likeness (QED) is 0.807. The summed E-state index contributed by atoms with van der Waals surface area (Å²) in [4.78, 5) is 17.1. The fourth-order valence-corrected chi connectivity index (χ4v) is 3.44. The molecule has 0 bridgehead atoms. The van der Waals surface area contributed by atoms with E-state index in [1.165, 1.54) is 5.56 Å². The molecule has 27 heavy (non-hydrogen) atoms. The zero-order chi connectivity index (χ0) is 19.4. The number of ether oxygens (including phenoxy) is 1. The first-order chi connectivity index (χ1) is 12.9. The number of rotatable bonds is 4. The molecule has 0 atom stereocenters. The minimum absolute atomic E-state index is 0.0984. The molecule has 0 radical (unpaired) electrons. The Morgan fingerprint density at radius 1 is 0.963 bits per heavy atom. The van der Waals surface area contributed by atoms with Crippen molar-refractivity contribution in [2.75, 3.05) is 37.7 Å². The molecule has 3 rings (SSSR count). The maximum atomic E-state index is 12.9. The Balaban J connectivity index is 1.64. The van der Waals surface area contributed by atoms with E-state index in [0.717, 1.165) is 43.2 Å². The number of carbonyl (C=O) groups is 1. The number of benzene rings is 2. The van der Waals surface area contributed by atoms with Gasteiger partial charge in [0.05, 0.1) is 12.3 Å². The molecule has 1 aliphatic rings. The van der Waals surface area contributed by atoms with Gasteiger partial charge in [0.25, 0.3) is 5.91 Å². The monoisotopic (exact) mass is 366 g/mol. The largest absolute Gasteiger partial charge is 0.492 e. The van der Waals surface area contributed by atoms with Gasteiger partial charge >= 0.3 is 0 Å². The molecule has 1 fully saturated rings. The van der Waals surface area contributed by atoms with Crippen molar-refractivity contribution in [2.24, 2.45) is 0 Å². The minimum Gasteiger partial charge on any atom is -0.492 e. The second-order valence-electron chi connectivity index (χ2n) is 8.01. The van der Waals surface area contributed by atoms with E-state index in [4.69, 9.17) is 4.74 Å². The number of anilines is 1. The molecule has 1 aliphatic heterocycles. The van der Waals surface area contributed by atoms with Crippen molar-refractivity contribution < 1.29 is 9.53 Å². The topological polar surface area (TPSA) is 32.8 Å². The fourth-order valence-electron chi connectivity index (χ4n) is 3.44. The summed E-state index contributed by atoms with van der Waals surface area (Å²) in [6.07, 6.45) is 0. The SMILES string of the molecule is CCOc1ccccc1N1CCN(C(=O)c2ccc(C(C)(C)C)cc2)CC1. The first-order valence-corrected chi connectivity index (χ1v) is 9.76. The van der Waals surface area contributed by atoms with Crippen molar-refractivity contribution in [3.63, 3.8) is 0 Å². The van der Waals surface area contributed by atoms with Crippen LogP contribution in [-0.4, -0.2) is 43.6 Å². The van der Waals surface area contributed by atoms with Crippen LogP contribution >= 0.6 is 0 Å². The van der Waals surface area contributed by atoms with Gasteiger partial charge in [-0.2, -0.15) is 0 Å². The average Bonchev–Trinajstić information content (AvgIpc) is 2.68. The lowest BCUT2D eigenvalue weighted by molar-refractivity contribution is 0.0746. The Morgan fingerprint density at radius 3 is 2.19 bits per heavy atom. The Labute approximate surface area is 162 Å². The van der Waals surface area contributed by atoms with E-state index in [2.05, 4.69) is 43.9 Å². The highest BCUT2D eigenvalue weighted by Crippen LogP contribution is 2.29. The van der Waals surface area contributed by atoms with Crippen LogP contribution in [0.5, 0.6) is 5.75 Å². The van der Waals surface area contributed by atoms with E-state index in [1.54, 1.807) is 0 Å². The lowest BCUT2D eigenvalue weighted by Crippen LogP contribution is -2.48. The van der Waals surface area contributed by atoms with Gasteiger partial charge in [-0.05, 0) is 42.2 Å². The Kier molecular flexibility index (Phi) is 5.73. The molecule has 144 valence electrons. The normalized spacial score (nSPS) is 15.0. The number of para-hydroxylation sites is 2. The van der Waals surface area contributed by atoms with Crippen molar-refractivity contribution in [3.8, 4) is 5.75 Å². The fraction of sp³-hybridized carbons (Fsp3) is 0.435. The van der Waals surface area contributed by atoms with E-state index in [0.29, 0.717) is 6.61 Å². The van der Waals surface area contributed by atoms with E-state index in [1.807, 2.05) is 42.2 Å². The first kappa shape index (κ1) is 19.3. The summed E-state index contributed by atoms with van der Waals surface area (Å²) in [5, 5.41) is 0. The Bertz CT molecular complexity index is 770. The first-order valence-electron chi connectivity index (χ1n) is 9.76. The molecule has 0 N–H and O–H groups in total. The third-order valence-corrected chi connectivity index (χ3v) is 5.07. The van der Waals surface area contributed by atoms with E-state index < -0.39 is 0 Å². The smallest absolute Gasteiger partial charge is 0.253 e. The molecule has 4 heteroatoms. The highest BCUT2D eigenvalue weighted by molar-refractivity contribution is 5.94. The second-order valence-corrected chi connectivity index (χ2v) is 8.01. The van der Waals surface area contributed by atoms with Crippen LogP contribution < -0.4 is 9.64 Å². The zero-order valence-corrected chi connectivity index (χ0v) is 16.9. The van der Waals surface area contributed by atoms with Gasteiger partial charge in [0, 0.05) is 31.7 Å². The van der Waals surface area contributed by atoms with Crippen molar-refractivity contribution in [1.82, 2.24) is 4.90 Å². The second kappa shape index (κ2) is 8.03. The van der Waals surface area contributed by atoms with E-state index in [-0.39, 0.29) is 11.3 Å². The van der Waals surface area contributed by atoms with Gasteiger partial charge in [0.1, 0.15) is 5.75 Å². The summed E-state index contributed by atoms with van der Waals surface area (Å²) >= 11 is 0. The van der Waals surface area contributed by atoms with Crippen LogP contribution in [-0.2, 0) is 5.41 Å². The third kappa shape index (κ3) is 4.44. The van der Waals surface area contributed by atoms with Crippen molar-refractivity contribution in [3.05, 3.63) is 59.7 Å². The molecule has 0 saturated carbocycles. The van der Waals surface area contributed by atoms with Crippen molar-refractivity contribution >= 4 is 11.6 Å². The van der Waals surface area contributed by atoms with Gasteiger partial charge in [0.2, 0.25) is 0 Å². The summed E-state index contributed by atoms with van der Waals surface area (Å²) in [6, 6.07) is 16.2. The molecular weight excluding hydrogens is 336 g/mol. The maximum absolute atomic E-state index is 12.9. The van der Waals surface area contributed by atoms with Gasteiger partial charge < -0.3 is 14.5 Å². The number of carbonyl (C=O) groups excluding carboxylic acids is 1. The van der Waals surface area contributed by atoms with E-state index >= 15 is 0 Å². The molecule has 4 nitrogen and oxygen atoms in total. The molecule has 1 saturated heterocycles. The molecule has 1 amide bonds. The van der Waals surface area contributed by atoms with Gasteiger partial charge in [-0.3, -0.25) is 4.79 Å². The van der Waals surface area contributed by atoms with Crippen LogP contribution in [0.25, 0.3) is 0 Å². The van der Waals surface area contributed by atoms with Crippen LogP contribution in [0, 0.1) is 0 Å². The number of hydrogen-bond donors (Lipinski definition) is 0. The highest BCUT2D eigenvalue weighted by atomic mass is 16.5. The van der Waals surface area contributed by atoms with Crippen LogP contribution in [0.15, 0.2) is 48.5 Å². The Hall–Kier alpha value is -2.49. The number of hydrogen-bond acceptors (Lipinski definition) is 3. The number of piperazine rings is 1. The number of nitrogens with zero attached hydrogens (tertiary/aromatic N) is 2. The van der Waals surface area contributed by atoms with Crippen molar-refractivity contribution in [2.45, 2.75) is 33.1 Å². The van der Waals surface area contributed by atoms with Crippen LogP contribution in [0.1, 0.15) is 43.6 Å². The summed E-state index contributed by atoms with van der Waals surface area (Å²) in [7, 11) is 0. The summed E-state index contributed by atoms with van der Waals surface area (Å²) in [5.74, 6) is 1.03. The summed E-state index contributed by atoms with van der Waals surface area (Å²) < 4.78 is 5.75. The average molecular weight is 367 g/mol. The van der Waals surface area contributed by atoms with Crippen molar-refractivity contribution in [1.29, 1.82) is 0 Å². The molecule has 0 aromatic heterocycles. The maximum Gasteiger partial charge on any atom is 0.253 e. The van der Waals surface area contributed by atoms with Crippen LogP contribution in [0.2, 0.25) is 0 Å². The van der Waals surface area contributed by atoms with E-state index in [9.17, 15) is 4.79 Å². The summed E-state index contributed by atoms with van der Waals surface area (Å²) in [5.41, 5.74) is 3.23. The zero-order valence-electron chi connectivity index (χ0n) is 16.9. The lowest BCUT2D eigenvalue weighted by atomic mass is 9.86. The molecule has 2 aromatic rings. The summed E-state index contributed by atoms with van der Waals surface area (Å²) in [6.45, 7) is 12.3. The van der Waals surface area contributed by atoms with Gasteiger partial charge in [-0.25, -0.2) is 0 Å². The van der Waals surface area contributed by atoms with Crippen LogP contribution in [0.3, 0.4) is 0 Å². The molecule has 2 aromatic carbocycles.